The Morgan fingerprint density at radius 2 is 1.68 bits per heavy atom. The van der Waals surface area contributed by atoms with Crippen LogP contribution >= 0.6 is 0 Å². The van der Waals surface area contributed by atoms with E-state index in [1.54, 1.807) is 0 Å². The highest BCUT2D eigenvalue weighted by atomic mass is 14.7. The van der Waals surface area contributed by atoms with Crippen LogP contribution in [0.3, 0.4) is 0 Å². The van der Waals surface area contributed by atoms with Gasteiger partial charge in [-0.15, -0.1) is 0 Å². The van der Waals surface area contributed by atoms with E-state index in [4.69, 9.17) is 10.3 Å². The van der Waals surface area contributed by atoms with Crippen molar-refractivity contribution >= 4 is 11.4 Å². The number of nitriles is 1. The lowest BCUT2D eigenvalue weighted by Crippen LogP contribution is -2.00. The molecule has 2 aromatic carbocycles. The molecule has 0 bridgehead atoms. The van der Waals surface area contributed by atoms with Crippen LogP contribution in [0.1, 0.15) is 50.2 Å². The van der Waals surface area contributed by atoms with Gasteiger partial charge in [-0.1, -0.05) is 56.5 Å². The molecule has 0 radical (unpaired) electrons. The van der Waals surface area contributed by atoms with Crippen LogP contribution in [-0.2, 0) is 0 Å². The van der Waals surface area contributed by atoms with Crippen molar-refractivity contribution in [2.75, 3.05) is 0 Å². The molecule has 112 valence electrons. The van der Waals surface area contributed by atoms with E-state index in [0.717, 1.165) is 24.2 Å². The molecule has 0 unspecified atom stereocenters. The van der Waals surface area contributed by atoms with Crippen LogP contribution in [-0.4, -0.2) is 5.71 Å². The second-order valence-electron chi connectivity index (χ2n) is 5.39. The molecule has 0 N–H and O–H groups in total. The fourth-order valence-electron chi connectivity index (χ4n) is 2.38. The van der Waals surface area contributed by atoms with E-state index in [0.29, 0.717) is 5.56 Å². The lowest BCUT2D eigenvalue weighted by molar-refractivity contribution is 0.683. The summed E-state index contributed by atoms with van der Waals surface area (Å²) in [5, 5.41) is 8.87. The van der Waals surface area contributed by atoms with Crippen molar-refractivity contribution in [3.05, 3.63) is 65.7 Å². The van der Waals surface area contributed by atoms with Crippen molar-refractivity contribution in [3.8, 4) is 6.07 Å². The zero-order valence-electron chi connectivity index (χ0n) is 13.1. The summed E-state index contributed by atoms with van der Waals surface area (Å²) >= 11 is 0. The summed E-state index contributed by atoms with van der Waals surface area (Å²) in [7, 11) is 0. The molecule has 2 aromatic rings. The third-order valence-corrected chi connectivity index (χ3v) is 3.63. The van der Waals surface area contributed by atoms with E-state index in [1.165, 1.54) is 24.8 Å². The molecule has 2 heteroatoms. The Hall–Kier alpha value is -2.40. The van der Waals surface area contributed by atoms with Gasteiger partial charge in [-0.25, -0.2) is 0 Å². The number of hydrogen-bond donors (Lipinski definition) is 0. The molecule has 0 aromatic heterocycles. The zero-order valence-corrected chi connectivity index (χ0v) is 13.1. The smallest absolute Gasteiger partial charge is 0.0991 e. The van der Waals surface area contributed by atoms with E-state index < -0.39 is 0 Å². The molecule has 2 nitrogen and oxygen atoms in total. The minimum Gasteiger partial charge on any atom is -0.253 e. The van der Waals surface area contributed by atoms with Crippen molar-refractivity contribution in [3.63, 3.8) is 0 Å². The second-order valence-corrected chi connectivity index (χ2v) is 5.39. The third-order valence-electron chi connectivity index (χ3n) is 3.63. The first kappa shape index (κ1) is 16.0. The molecule has 22 heavy (non-hydrogen) atoms. The van der Waals surface area contributed by atoms with E-state index in [1.807, 2.05) is 30.3 Å². The Balaban J connectivity index is 2.18. The predicted octanol–water partition coefficient (Wildman–Crippen LogP) is 5.65. The van der Waals surface area contributed by atoms with E-state index in [-0.39, 0.29) is 0 Å². The number of nitrogens with zero attached hydrogens (tertiary/aromatic N) is 2. The average Bonchev–Trinajstić information content (AvgIpc) is 2.59. The maximum Gasteiger partial charge on any atom is 0.0991 e. The first-order valence-electron chi connectivity index (χ1n) is 7.96. The Bertz CT molecular complexity index is 634. The standard InChI is InChI=1S/C20H22N2/c1-2-3-4-8-11-20(18-9-6-5-7-10-18)22-19-14-12-17(16-21)13-15-19/h5-7,9-10,12-15H,2-4,8,11H2,1H3. The summed E-state index contributed by atoms with van der Waals surface area (Å²) in [6, 6.07) is 20.0. The Morgan fingerprint density at radius 1 is 0.955 bits per heavy atom. The van der Waals surface area contributed by atoms with Gasteiger partial charge in [0, 0.05) is 5.71 Å². The Kier molecular flexibility index (Phi) is 6.39. The van der Waals surface area contributed by atoms with Crippen molar-refractivity contribution in [1.82, 2.24) is 0 Å². The van der Waals surface area contributed by atoms with Gasteiger partial charge < -0.3 is 0 Å². The van der Waals surface area contributed by atoms with Gasteiger partial charge in [0.15, 0.2) is 0 Å². The molecule has 0 saturated heterocycles. The van der Waals surface area contributed by atoms with Gasteiger partial charge in [0.05, 0.1) is 17.3 Å². The molecular formula is C20H22N2. The van der Waals surface area contributed by atoms with Crippen LogP contribution in [0.5, 0.6) is 0 Å². The summed E-state index contributed by atoms with van der Waals surface area (Å²) in [4.78, 5) is 4.81. The van der Waals surface area contributed by atoms with Crippen molar-refractivity contribution in [2.24, 2.45) is 4.99 Å². The van der Waals surface area contributed by atoms with Crippen molar-refractivity contribution in [1.29, 1.82) is 5.26 Å². The van der Waals surface area contributed by atoms with Gasteiger partial charge in [-0.2, -0.15) is 5.26 Å². The highest BCUT2D eigenvalue weighted by Gasteiger charge is 2.04. The van der Waals surface area contributed by atoms with Crippen LogP contribution in [0.25, 0.3) is 0 Å². The van der Waals surface area contributed by atoms with Crippen molar-refractivity contribution in [2.45, 2.75) is 39.0 Å². The van der Waals surface area contributed by atoms with Gasteiger partial charge in [0.2, 0.25) is 0 Å². The summed E-state index contributed by atoms with van der Waals surface area (Å²) in [5.41, 5.74) is 3.89. The molecule has 0 saturated carbocycles. The lowest BCUT2D eigenvalue weighted by Gasteiger charge is -2.07. The van der Waals surface area contributed by atoms with Crippen LogP contribution in [0.4, 0.5) is 5.69 Å². The van der Waals surface area contributed by atoms with Crippen molar-refractivity contribution < 1.29 is 0 Å². The predicted molar refractivity (Wildman–Crippen MR) is 92.6 cm³/mol. The van der Waals surface area contributed by atoms with Gasteiger partial charge in [0.1, 0.15) is 0 Å². The lowest BCUT2D eigenvalue weighted by atomic mass is 10.0. The maximum absolute atomic E-state index is 8.87. The number of aliphatic imine (C=N–C) groups is 1. The third kappa shape index (κ3) is 4.86. The summed E-state index contributed by atoms with van der Waals surface area (Å²) in [6.07, 6.45) is 5.92. The maximum atomic E-state index is 8.87. The first-order chi connectivity index (χ1) is 10.8. The number of hydrogen-bond acceptors (Lipinski definition) is 2. The molecule has 0 atom stereocenters. The van der Waals surface area contributed by atoms with E-state index >= 15 is 0 Å². The van der Waals surface area contributed by atoms with Gasteiger partial charge >= 0.3 is 0 Å². The summed E-state index contributed by atoms with van der Waals surface area (Å²) in [5.74, 6) is 0. The SMILES string of the molecule is CCCCCCC(=Nc1ccc(C#N)cc1)c1ccccc1. The van der Waals surface area contributed by atoms with Crippen LogP contribution in [0, 0.1) is 11.3 Å². The average molecular weight is 290 g/mol. The normalized spacial score (nSPS) is 11.2. The molecule has 0 amide bonds. The van der Waals surface area contributed by atoms with E-state index in [9.17, 15) is 0 Å². The minimum absolute atomic E-state index is 0.670. The Morgan fingerprint density at radius 3 is 2.32 bits per heavy atom. The Labute approximate surface area is 133 Å². The minimum atomic E-state index is 0.670. The highest BCUT2D eigenvalue weighted by molar-refractivity contribution is 6.02. The first-order valence-corrected chi connectivity index (χ1v) is 7.96. The van der Waals surface area contributed by atoms with Gasteiger partial charge in [-0.3, -0.25) is 4.99 Å². The summed E-state index contributed by atoms with van der Waals surface area (Å²) in [6.45, 7) is 2.23. The van der Waals surface area contributed by atoms with Crippen LogP contribution in [0.15, 0.2) is 59.6 Å². The molecule has 0 aliphatic heterocycles. The fraction of sp³-hybridized carbons (Fsp3) is 0.300. The molecule has 2 rings (SSSR count). The van der Waals surface area contributed by atoms with E-state index in [2.05, 4.69) is 37.3 Å². The number of unbranched alkanes of at least 4 members (excludes halogenated alkanes) is 3. The molecular weight excluding hydrogens is 268 g/mol. The fourth-order valence-corrected chi connectivity index (χ4v) is 2.38. The largest absolute Gasteiger partial charge is 0.253 e. The summed E-state index contributed by atoms with van der Waals surface area (Å²) < 4.78 is 0. The molecule has 0 fully saturated rings. The molecule has 0 aliphatic carbocycles. The van der Waals surface area contributed by atoms with Crippen LogP contribution in [0.2, 0.25) is 0 Å². The monoisotopic (exact) mass is 290 g/mol. The van der Waals surface area contributed by atoms with Crippen LogP contribution < -0.4 is 0 Å². The van der Waals surface area contributed by atoms with Gasteiger partial charge in [-0.05, 0) is 42.7 Å². The van der Waals surface area contributed by atoms with Gasteiger partial charge in [0.25, 0.3) is 0 Å². The number of benzene rings is 2. The second kappa shape index (κ2) is 8.79. The number of rotatable bonds is 7. The molecule has 0 heterocycles. The molecule has 0 spiro atoms. The topological polar surface area (TPSA) is 36.1 Å². The quantitative estimate of drug-likeness (QED) is 0.479. The highest BCUT2D eigenvalue weighted by Crippen LogP contribution is 2.18. The zero-order chi connectivity index (χ0) is 15.6. The molecule has 0 aliphatic rings.